The fourth-order valence-corrected chi connectivity index (χ4v) is 3.22. The van der Waals surface area contributed by atoms with Gasteiger partial charge in [0, 0.05) is 23.4 Å². The number of hydrogen-bond donors (Lipinski definition) is 1. The van der Waals surface area contributed by atoms with E-state index in [1.54, 1.807) is 18.3 Å². The van der Waals surface area contributed by atoms with Gasteiger partial charge in [0.15, 0.2) is 0 Å². The van der Waals surface area contributed by atoms with Gasteiger partial charge in [0.1, 0.15) is 22.1 Å². The molecule has 0 saturated heterocycles. The van der Waals surface area contributed by atoms with Gasteiger partial charge >= 0.3 is 0 Å². The quantitative estimate of drug-likeness (QED) is 0.641. The maximum absolute atomic E-state index is 13.0. The van der Waals surface area contributed by atoms with Crippen LogP contribution in [0.15, 0.2) is 29.8 Å². The van der Waals surface area contributed by atoms with Gasteiger partial charge in [0.2, 0.25) is 5.28 Å². The second-order valence-corrected chi connectivity index (χ2v) is 7.06. The summed E-state index contributed by atoms with van der Waals surface area (Å²) in [5.41, 5.74) is 0.494. The molecule has 0 aliphatic heterocycles. The van der Waals surface area contributed by atoms with Crippen molar-refractivity contribution in [1.29, 1.82) is 0 Å². The number of ether oxygens (including phenoxy) is 1. The minimum absolute atomic E-state index is 0.0460. The summed E-state index contributed by atoms with van der Waals surface area (Å²) in [4.78, 5) is 12.6. The van der Waals surface area contributed by atoms with Crippen LogP contribution >= 0.6 is 22.9 Å². The number of nitrogens with zero attached hydrogens (tertiary/aromatic N) is 3. The molecule has 0 radical (unpaired) electrons. The Balaban J connectivity index is 1.59. The molecule has 1 N–H and O–H groups in total. The van der Waals surface area contributed by atoms with Crippen LogP contribution in [0.1, 0.15) is 11.4 Å². The molecule has 1 aromatic carbocycles. The monoisotopic (exact) mass is 382 g/mol. The molecule has 1 saturated carbocycles. The number of benzene rings is 1. The predicted molar refractivity (Wildman–Crippen MR) is 92.5 cm³/mol. The normalized spacial score (nSPS) is 18.3. The van der Waals surface area contributed by atoms with Crippen LogP contribution in [0.25, 0.3) is 10.9 Å². The van der Waals surface area contributed by atoms with Crippen molar-refractivity contribution in [2.75, 3.05) is 11.9 Å². The number of anilines is 1. The van der Waals surface area contributed by atoms with Crippen molar-refractivity contribution in [3.8, 4) is 5.75 Å². The third-order valence-electron chi connectivity index (χ3n) is 3.95. The van der Waals surface area contributed by atoms with Crippen LogP contribution in [0.4, 0.5) is 14.6 Å². The zero-order valence-electron chi connectivity index (χ0n) is 12.9. The number of rotatable bonds is 6. The first kappa shape index (κ1) is 16.4. The number of alkyl halides is 2. The van der Waals surface area contributed by atoms with Gasteiger partial charge in [0.05, 0.1) is 19.1 Å². The first-order chi connectivity index (χ1) is 12.0. The molecule has 130 valence electrons. The van der Waals surface area contributed by atoms with Gasteiger partial charge in [0.25, 0.3) is 5.92 Å². The minimum Gasteiger partial charge on any atom is -0.491 e. The van der Waals surface area contributed by atoms with Gasteiger partial charge in [-0.05, 0) is 23.7 Å². The van der Waals surface area contributed by atoms with E-state index >= 15 is 0 Å². The average Bonchev–Trinajstić information content (AvgIpc) is 2.98. The Morgan fingerprint density at radius 3 is 2.92 bits per heavy atom. The second-order valence-electron chi connectivity index (χ2n) is 5.75. The van der Waals surface area contributed by atoms with Crippen LogP contribution in [0.2, 0.25) is 5.28 Å². The van der Waals surface area contributed by atoms with Crippen LogP contribution in [0.3, 0.4) is 0 Å². The number of para-hydroxylation sites is 1. The molecule has 0 bridgehead atoms. The lowest BCUT2D eigenvalue weighted by atomic mass is 10.2. The largest absolute Gasteiger partial charge is 0.491 e. The molecular formula is C16H13ClF2N4OS. The SMILES string of the molecule is FC1(F)CC1COc1cccc2c(NCc3nccs3)nc(Cl)nc12. The average molecular weight is 383 g/mol. The van der Waals surface area contributed by atoms with Gasteiger partial charge in [-0.25, -0.2) is 23.7 Å². The summed E-state index contributed by atoms with van der Waals surface area (Å²) in [6.07, 6.45) is 1.60. The van der Waals surface area contributed by atoms with Gasteiger partial charge in [-0.1, -0.05) is 6.07 Å². The van der Waals surface area contributed by atoms with E-state index in [0.29, 0.717) is 29.0 Å². The van der Waals surface area contributed by atoms with Gasteiger partial charge in [-0.2, -0.15) is 0 Å². The summed E-state index contributed by atoms with van der Waals surface area (Å²) in [6.45, 7) is 0.453. The van der Waals surface area contributed by atoms with E-state index in [1.807, 2.05) is 11.4 Å². The van der Waals surface area contributed by atoms with Gasteiger partial charge < -0.3 is 10.1 Å². The summed E-state index contributed by atoms with van der Waals surface area (Å²) in [5.74, 6) is -2.38. The first-order valence-corrected chi connectivity index (χ1v) is 8.88. The van der Waals surface area contributed by atoms with Gasteiger partial charge in [-0.3, -0.25) is 0 Å². The number of hydrogen-bond acceptors (Lipinski definition) is 6. The standard InChI is InChI=1S/C16H13ClF2N4OS/c17-15-22-13-10(14(23-15)21-7-12-20-4-5-25-12)2-1-3-11(13)24-8-9-6-16(9,18)19/h1-5,9H,6-8H2,(H,21,22,23). The van der Waals surface area contributed by atoms with E-state index in [4.69, 9.17) is 16.3 Å². The van der Waals surface area contributed by atoms with E-state index in [-0.39, 0.29) is 18.3 Å². The minimum atomic E-state index is -2.61. The highest BCUT2D eigenvalue weighted by molar-refractivity contribution is 7.09. The Hall–Kier alpha value is -2.06. The van der Waals surface area contributed by atoms with Crippen LogP contribution in [0, 0.1) is 5.92 Å². The molecule has 2 heterocycles. The van der Waals surface area contributed by atoms with E-state index < -0.39 is 11.8 Å². The molecule has 1 unspecified atom stereocenters. The fourth-order valence-electron chi connectivity index (χ4n) is 2.49. The van der Waals surface area contributed by atoms with Crippen molar-refractivity contribution >= 4 is 39.7 Å². The summed E-state index contributed by atoms with van der Waals surface area (Å²) >= 11 is 7.55. The molecule has 2 aromatic heterocycles. The Bertz CT molecular complexity index is 907. The van der Waals surface area contributed by atoms with E-state index in [1.165, 1.54) is 11.3 Å². The van der Waals surface area contributed by atoms with E-state index in [9.17, 15) is 8.78 Å². The molecule has 4 rings (SSSR count). The predicted octanol–water partition coefficient (Wildman–Crippen LogP) is 4.39. The molecule has 1 aliphatic rings. The Morgan fingerprint density at radius 1 is 1.36 bits per heavy atom. The molecule has 1 atom stereocenters. The van der Waals surface area contributed by atoms with Crippen molar-refractivity contribution in [3.05, 3.63) is 40.1 Å². The van der Waals surface area contributed by atoms with E-state index in [0.717, 1.165) is 5.01 Å². The summed E-state index contributed by atoms with van der Waals surface area (Å²) in [6, 6.07) is 5.29. The number of fused-ring (bicyclic) bond motifs is 1. The third-order valence-corrected chi connectivity index (χ3v) is 4.90. The summed E-state index contributed by atoms with van der Waals surface area (Å²) in [5, 5.41) is 6.75. The summed E-state index contributed by atoms with van der Waals surface area (Å²) < 4.78 is 31.6. The highest BCUT2D eigenvalue weighted by Crippen LogP contribution is 2.48. The molecule has 3 aromatic rings. The smallest absolute Gasteiger partial charge is 0.255 e. The number of nitrogens with one attached hydrogen (secondary N) is 1. The van der Waals surface area contributed by atoms with Crippen molar-refractivity contribution in [3.63, 3.8) is 0 Å². The van der Waals surface area contributed by atoms with Crippen LogP contribution in [-0.2, 0) is 6.54 Å². The molecule has 9 heteroatoms. The number of thiazole rings is 1. The lowest BCUT2D eigenvalue weighted by molar-refractivity contribution is 0.0858. The molecular weight excluding hydrogens is 370 g/mol. The van der Waals surface area contributed by atoms with Crippen LogP contribution in [0.5, 0.6) is 5.75 Å². The molecule has 25 heavy (non-hydrogen) atoms. The van der Waals surface area contributed by atoms with Crippen molar-refractivity contribution in [2.45, 2.75) is 18.9 Å². The second kappa shape index (κ2) is 6.34. The number of halogens is 3. The first-order valence-electron chi connectivity index (χ1n) is 7.62. The van der Waals surface area contributed by atoms with Crippen molar-refractivity contribution in [1.82, 2.24) is 15.0 Å². The van der Waals surface area contributed by atoms with Crippen LogP contribution in [-0.4, -0.2) is 27.5 Å². The Morgan fingerprint density at radius 2 is 2.20 bits per heavy atom. The zero-order chi connectivity index (χ0) is 17.4. The third kappa shape index (κ3) is 3.50. The number of aromatic nitrogens is 3. The lowest BCUT2D eigenvalue weighted by Crippen LogP contribution is -2.07. The van der Waals surface area contributed by atoms with E-state index in [2.05, 4.69) is 20.3 Å². The van der Waals surface area contributed by atoms with Crippen molar-refractivity contribution in [2.24, 2.45) is 5.92 Å². The molecule has 0 spiro atoms. The lowest BCUT2D eigenvalue weighted by Gasteiger charge is -2.12. The highest BCUT2D eigenvalue weighted by Gasteiger charge is 2.57. The zero-order valence-corrected chi connectivity index (χ0v) is 14.4. The molecule has 0 amide bonds. The highest BCUT2D eigenvalue weighted by atomic mass is 35.5. The molecule has 1 aliphatic carbocycles. The Labute approximate surface area is 151 Å². The maximum atomic E-state index is 13.0. The Kier molecular flexibility index (Phi) is 4.16. The topological polar surface area (TPSA) is 59.9 Å². The van der Waals surface area contributed by atoms with Crippen LogP contribution < -0.4 is 10.1 Å². The molecule has 1 fully saturated rings. The fraction of sp³-hybridized carbons (Fsp3) is 0.312. The maximum Gasteiger partial charge on any atom is 0.255 e. The van der Waals surface area contributed by atoms with Crippen molar-refractivity contribution < 1.29 is 13.5 Å². The summed E-state index contributed by atoms with van der Waals surface area (Å²) in [7, 11) is 0. The molecule has 5 nitrogen and oxygen atoms in total. The van der Waals surface area contributed by atoms with Gasteiger partial charge in [-0.15, -0.1) is 11.3 Å².